The van der Waals surface area contributed by atoms with E-state index in [9.17, 15) is 28.8 Å². The van der Waals surface area contributed by atoms with E-state index >= 15 is 0 Å². The summed E-state index contributed by atoms with van der Waals surface area (Å²) in [6.07, 6.45) is 2.72. The highest BCUT2D eigenvalue weighted by atomic mass is 35.5. The summed E-state index contributed by atoms with van der Waals surface area (Å²) in [5.41, 5.74) is 14.0. The number of nitrogens with zero attached hydrogens (tertiary/aromatic N) is 2. The first-order chi connectivity index (χ1) is 22.4. The van der Waals surface area contributed by atoms with Crippen molar-refractivity contribution >= 4 is 47.0 Å². The average Bonchev–Trinajstić information content (AvgIpc) is 3.55. The number of aromatic amines is 1. The molecule has 248 valence electrons. The fraction of sp³-hybridized carbons (Fsp3) is 0.344. The maximum atomic E-state index is 14.2. The van der Waals surface area contributed by atoms with Crippen LogP contribution in [0.15, 0.2) is 61.1 Å². The normalized spacial score (nSPS) is 15.8. The van der Waals surface area contributed by atoms with Crippen LogP contribution in [0.5, 0.6) is 0 Å². The van der Waals surface area contributed by atoms with Gasteiger partial charge in [0.2, 0.25) is 35.4 Å². The number of halogens is 1. The average molecular weight is 665 g/mol. The maximum absolute atomic E-state index is 14.2. The Morgan fingerprint density at radius 2 is 1.57 bits per heavy atom. The van der Waals surface area contributed by atoms with E-state index in [1.54, 1.807) is 24.3 Å². The Balaban J connectivity index is 1.61. The molecule has 0 saturated heterocycles. The molecule has 14 nitrogen and oxygen atoms in total. The summed E-state index contributed by atoms with van der Waals surface area (Å²) in [5.74, 6) is -3.94. The third-order valence-corrected chi connectivity index (χ3v) is 8.06. The zero-order chi connectivity index (χ0) is 34.1. The third-order valence-electron chi connectivity index (χ3n) is 7.81. The van der Waals surface area contributed by atoms with Crippen molar-refractivity contribution in [3.63, 3.8) is 0 Å². The number of imidazole rings is 1. The number of carbonyl (C=O) groups is 6. The van der Waals surface area contributed by atoms with Gasteiger partial charge in [-0.3, -0.25) is 28.8 Å². The highest BCUT2D eigenvalue weighted by molar-refractivity contribution is 6.30. The minimum absolute atomic E-state index is 0.0101. The van der Waals surface area contributed by atoms with Crippen LogP contribution in [0.1, 0.15) is 42.1 Å². The number of nitrogens with two attached hydrogens (primary N) is 2. The van der Waals surface area contributed by atoms with Crippen LogP contribution in [0.2, 0.25) is 5.02 Å². The molecule has 0 radical (unpaired) electrons. The van der Waals surface area contributed by atoms with Crippen LogP contribution < -0.4 is 27.4 Å². The molecule has 1 aliphatic heterocycles. The Kier molecular flexibility index (Phi) is 11.7. The second-order valence-electron chi connectivity index (χ2n) is 11.3. The number of primary amides is 2. The summed E-state index contributed by atoms with van der Waals surface area (Å²) in [6, 6.07) is 9.48. The highest BCUT2D eigenvalue weighted by Crippen LogP contribution is 2.25. The highest BCUT2D eigenvalue weighted by Gasteiger charge is 2.38. The lowest BCUT2D eigenvalue weighted by Crippen LogP contribution is -2.60. The van der Waals surface area contributed by atoms with E-state index in [4.69, 9.17) is 23.1 Å². The SMILES string of the molecule is CC(=O)N[C@@H](Cc1cnc[nH]1)C(=O)N[C@@H](CCC(N)=O)C(=O)N[C@H](Cc1ccc(Cl)cc1)C(=O)N1Cc2ccccc2C[C@@H]1C(N)=O. The van der Waals surface area contributed by atoms with Gasteiger partial charge in [0.1, 0.15) is 24.2 Å². The number of benzene rings is 2. The fourth-order valence-corrected chi connectivity index (χ4v) is 5.56. The standard InChI is InChI=1S/C32H37ClN8O6/c1-18(42)38-25(14-23-15-36-17-37-23)31(46)39-24(10-11-28(34)43)30(45)40-26(12-19-6-8-22(33)9-7-19)32(47)41-16-21-5-3-2-4-20(21)13-27(41)29(35)44/h2-9,15,17,24-27H,10-14,16H2,1H3,(H2,34,43)(H2,35,44)(H,36,37)(H,38,42)(H,39,46)(H,40,45)/t24-,25-,26+,27+/m0/s1. The van der Waals surface area contributed by atoms with E-state index < -0.39 is 59.6 Å². The zero-order valence-corrected chi connectivity index (χ0v) is 26.5. The largest absolute Gasteiger partial charge is 0.370 e. The van der Waals surface area contributed by atoms with E-state index in [1.165, 1.54) is 24.3 Å². The number of hydrogen-bond donors (Lipinski definition) is 6. The molecule has 3 aromatic rings. The molecule has 0 aliphatic carbocycles. The van der Waals surface area contributed by atoms with E-state index in [0.29, 0.717) is 16.3 Å². The predicted molar refractivity (Wildman–Crippen MR) is 171 cm³/mol. The van der Waals surface area contributed by atoms with Crippen molar-refractivity contribution in [2.75, 3.05) is 0 Å². The van der Waals surface area contributed by atoms with E-state index in [2.05, 4.69) is 25.9 Å². The fourth-order valence-electron chi connectivity index (χ4n) is 5.44. The topological polar surface area (TPSA) is 222 Å². The number of rotatable bonds is 14. The molecule has 1 aromatic heterocycles. The molecule has 15 heteroatoms. The van der Waals surface area contributed by atoms with Gasteiger partial charge in [0.15, 0.2) is 0 Å². The molecule has 4 atom stereocenters. The molecular formula is C32H37ClN8O6. The van der Waals surface area contributed by atoms with Gasteiger partial charge in [-0.25, -0.2) is 4.98 Å². The van der Waals surface area contributed by atoms with Crippen LogP contribution in [-0.2, 0) is 54.6 Å². The Labute approximate surface area is 276 Å². The summed E-state index contributed by atoms with van der Waals surface area (Å²) >= 11 is 6.06. The van der Waals surface area contributed by atoms with Crippen molar-refractivity contribution in [1.29, 1.82) is 0 Å². The van der Waals surface area contributed by atoms with E-state index in [-0.39, 0.29) is 38.6 Å². The van der Waals surface area contributed by atoms with Crippen molar-refractivity contribution in [2.24, 2.45) is 11.5 Å². The van der Waals surface area contributed by atoms with E-state index in [0.717, 1.165) is 11.1 Å². The maximum Gasteiger partial charge on any atom is 0.246 e. The third kappa shape index (κ3) is 9.63. The predicted octanol–water partition coefficient (Wildman–Crippen LogP) is 0.0269. The van der Waals surface area contributed by atoms with Gasteiger partial charge in [0.25, 0.3) is 0 Å². The minimum Gasteiger partial charge on any atom is -0.370 e. The second-order valence-corrected chi connectivity index (χ2v) is 11.8. The molecule has 2 heterocycles. The van der Waals surface area contributed by atoms with Crippen molar-refractivity contribution in [2.45, 2.75) is 69.7 Å². The summed E-state index contributed by atoms with van der Waals surface area (Å²) in [5, 5.41) is 8.36. The quantitative estimate of drug-likeness (QED) is 0.139. The van der Waals surface area contributed by atoms with Crippen molar-refractivity contribution in [3.8, 4) is 0 Å². The summed E-state index contributed by atoms with van der Waals surface area (Å²) < 4.78 is 0. The lowest BCUT2D eigenvalue weighted by atomic mass is 9.92. The van der Waals surface area contributed by atoms with Crippen molar-refractivity contribution < 1.29 is 28.8 Å². The molecule has 0 saturated carbocycles. The molecule has 47 heavy (non-hydrogen) atoms. The number of fused-ring (bicyclic) bond motifs is 1. The summed E-state index contributed by atoms with van der Waals surface area (Å²) in [7, 11) is 0. The molecule has 1 aliphatic rings. The summed E-state index contributed by atoms with van der Waals surface area (Å²) in [4.78, 5) is 85.7. The van der Waals surface area contributed by atoms with Crippen LogP contribution in [0, 0.1) is 0 Å². The van der Waals surface area contributed by atoms with Gasteiger partial charge in [0.05, 0.1) is 6.33 Å². The number of amides is 6. The van der Waals surface area contributed by atoms with Gasteiger partial charge in [0, 0.05) is 56.1 Å². The van der Waals surface area contributed by atoms with Crippen LogP contribution in [0.3, 0.4) is 0 Å². The molecule has 0 bridgehead atoms. The number of aromatic nitrogens is 2. The second kappa shape index (κ2) is 15.9. The van der Waals surface area contributed by atoms with Gasteiger partial charge in [-0.15, -0.1) is 0 Å². The lowest BCUT2D eigenvalue weighted by molar-refractivity contribution is -0.144. The molecule has 4 rings (SSSR count). The first-order valence-electron chi connectivity index (χ1n) is 15.0. The van der Waals surface area contributed by atoms with Crippen molar-refractivity contribution in [3.05, 3.63) is 88.5 Å². The van der Waals surface area contributed by atoms with Gasteiger partial charge in [-0.1, -0.05) is 48.0 Å². The Hall–Kier alpha value is -5.24. The van der Waals surface area contributed by atoms with Gasteiger partial charge < -0.3 is 37.3 Å². The molecule has 0 unspecified atom stereocenters. The van der Waals surface area contributed by atoms with Gasteiger partial charge in [-0.05, 0) is 35.2 Å². The number of nitrogens with one attached hydrogen (secondary N) is 4. The number of hydrogen-bond acceptors (Lipinski definition) is 7. The molecule has 6 amide bonds. The minimum atomic E-state index is -1.32. The van der Waals surface area contributed by atoms with Crippen LogP contribution in [0.25, 0.3) is 0 Å². The molecule has 0 spiro atoms. The summed E-state index contributed by atoms with van der Waals surface area (Å²) in [6.45, 7) is 1.33. The van der Waals surface area contributed by atoms with Gasteiger partial charge in [-0.2, -0.15) is 0 Å². The molecular weight excluding hydrogens is 628 g/mol. The monoisotopic (exact) mass is 664 g/mol. The smallest absolute Gasteiger partial charge is 0.246 e. The molecule has 2 aromatic carbocycles. The number of carbonyl (C=O) groups excluding carboxylic acids is 6. The number of H-pyrrole nitrogens is 1. The van der Waals surface area contributed by atoms with Gasteiger partial charge >= 0.3 is 0 Å². The first-order valence-corrected chi connectivity index (χ1v) is 15.3. The van der Waals surface area contributed by atoms with Crippen LogP contribution >= 0.6 is 11.6 Å². The lowest BCUT2D eigenvalue weighted by Gasteiger charge is -2.37. The molecule has 0 fully saturated rings. The van der Waals surface area contributed by atoms with Crippen LogP contribution in [0.4, 0.5) is 0 Å². The first kappa shape index (κ1) is 34.6. The van der Waals surface area contributed by atoms with Crippen molar-refractivity contribution in [1.82, 2.24) is 30.8 Å². The Morgan fingerprint density at radius 1 is 0.915 bits per heavy atom. The van der Waals surface area contributed by atoms with Crippen LogP contribution in [-0.4, -0.2) is 74.5 Å². The Bertz CT molecular complexity index is 1610. The molecule has 8 N–H and O–H groups in total. The van der Waals surface area contributed by atoms with E-state index in [1.807, 2.05) is 24.3 Å². The Morgan fingerprint density at radius 3 is 2.19 bits per heavy atom. The zero-order valence-electron chi connectivity index (χ0n) is 25.7.